The molecule has 0 saturated carbocycles. The van der Waals surface area contributed by atoms with Crippen LogP contribution in [0.25, 0.3) is 0 Å². The van der Waals surface area contributed by atoms with E-state index in [0.717, 1.165) is 29.5 Å². The molecule has 2 rings (SSSR count). The van der Waals surface area contributed by atoms with Crippen LogP contribution >= 0.6 is 0 Å². The van der Waals surface area contributed by atoms with Gasteiger partial charge in [-0.05, 0) is 36.5 Å². The van der Waals surface area contributed by atoms with E-state index in [1.807, 2.05) is 18.2 Å². The van der Waals surface area contributed by atoms with Crippen molar-refractivity contribution in [2.75, 3.05) is 13.2 Å². The molecule has 1 heterocycles. The zero-order valence-corrected chi connectivity index (χ0v) is 11.6. The summed E-state index contributed by atoms with van der Waals surface area (Å²) in [6.07, 6.45) is 1.04. The maximum atomic E-state index is 11.5. The molecule has 5 heteroatoms. The number of rotatable bonds is 3. The number of ether oxygens (including phenoxy) is 1. The minimum atomic E-state index is -0.881. The van der Waals surface area contributed by atoms with Crippen molar-refractivity contribution in [2.24, 2.45) is 0 Å². The molecule has 1 aliphatic heterocycles. The summed E-state index contributed by atoms with van der Waals surface area (Å²) in [5.74, 6) is -0.228. The summed E-state index contributed by atoms with van der Waals surface area (Å²) in [4.78, 5) is 24.0. The van der Waals surface area contributed by atoms with Crippen molar-refractivity contribution in [3.05, 3.63) is 34.9 Å². The molecule has 0 unspecified atom stereocenters. The van der Waals surface area contributed by atoms with Crippen LogP contribution in [0, 0.1) is 0 Å². The number of amides is 1. The van der Waals surface area contributed by atoms with E-state index in [-0.39, 0.29) is 12.4 Å². The molecule has 0 bridgehead atoms. The minimum absolute atomic E-state index is 0.228. The zero-order valence-electron chi connectivity index (χ0n) is 11.6. The monoisotopic (exact) mass is 277 g/mol. The molecule has 108 valence electrons. The first-order valence-corrected chi connectivity index (χ1v) is 6.84. The van der Waals surface area contributed by atoms with Crippen molar-refractivity contribution >= 4 is 12.1 Å². The fourth-order valence-electron chi connectivity index (χ4n) is 2.46. The molecule has 0 spiro atoms. The van der Waals surface area contributed by atoms with Gasteiger partial charge in [0.15, 0.2) is 0 Å². The highest BCUT2D eigenvalue weighted by Crippen LogP contribution is 2.20. The first-order valence-electron chi connectivity index (χ1n) is 6.84. The third-order valence-corrected chi connectivity index (χ3v) is 3.43. The number of fused-ring (bicyclic) bond motifs is 1. The van der Waals surface area contributed by atoms with E-state index in [1.165, 1.54) is 4.90 Å². The topological polar surface area (TPSA) is 66.8 Å². The number of carboxylic acid groups (broad SMARTS) is 1. The molecule has 5 nitrogen and oxygen atoms in total. The van der Waals surface area contributed by atoms with E-state index >= 15 is 0 Å². The van der Waals surface area contributed by atoms with Gasteiger partial charge in [-0.15, -0.1) is 0 Å². The van der Waals surface area contributed by atoms with Crippen molar-refractivity contribution in [2.45, 2.75) is 32.7 Å². The first-order chi connectivity index (χ1) is 9.60. The minimum Gasteiger partial charge on any atom is -0.466 e. The average molecular weight is 277 g/mol. The molecule has 0 saturated heterocycles. The normalized spacial score (nSPS) is 14.3. The Morgan fingerprint density at radius 3 is 2.85 bits per heavy atom. The van der Waals surface area contributed by atoms with Crippen LogP contribution in [-0.4, -0.2) is 35.2 Å². The fourth-order valence-corrected chi connectivity index (χ4v) is 2.46. The summed E-state index contributed by atoms with van der Waals surface area (Å²) in [5.41, 5.74) is 3.08. The quantitative estimate of drug-likeness (QED) is 0.860. The zero-order chi connectivity index (χ0) is 14.5. The van der Waals surface area contributed by atoms with Gasteiger partial charge in [0.2, 0.25) is 0 Å². The molecule has 1 N–H and O–H groups in total. The lowest BCUT2D eigenvalue weighted by atomic mass is 9.99. The van der Waals surface area contributed by atoms with Crippen LogP contribution in [-0.2, 0) is 28.9 Å². The predicted molar refractivity (Wildman–Crippen MR) is 73.5 cm³/mol. The summed E-state index contributed by atoms with van der Waals surface area (Å²) in [7, 11) is 0. The van der Waals surface area contributed by atoms with Gasteiger partial charge in [0, 0.05) is 13.1 Å². The van der Waals surface area contributed by atoms with Gasteiger partial charge in [-0.3, -0.25) is 4.79 Å². The molecule has 20 heavy (non-hydrogen) atoms. The second-order valence-corrected chi connectivity index (χ2v) is 4.89. The number of carbonyl (C=O) groups excluding carboxylic acids is 1. The summed E-state index contributed by atoms with van der Waals surface area (Å²) < 4.78 is 4.94. The molecule has 1 aliphatic rings. The standard InChI is InChI=1S/C15H19NO4/c1-2-20-14(17)9-11-5-6-13-10-16(15(18)19)7-3-4-12(13)8-11/h5-6,8H,2-4,7,9-10H2,1H3,(H,18,19). The lowest BCUT2D eigenvalue weighted by Crippen LogP contribution is -2.28. The number of nitrogens with zero attached hydrogens (tertiary/aromatic N) is 1. The smallest absolute Gasteiger partial charge is 0.407 e. The second kappa shape index (κ2) is 6.41. The summed E-state index contributed by atoms with van der Waals surface area (Å²) >= 11 is 0. The van der Waals surface area contributed by atoms with Gasteiger partial charge in [0.1, 0.15) is 0 Å². The van der Waals surface area contributed by atoms with Gasteiger partial charge in [-0.1, -0.05) is 18.2 Å². The number of hydrogen-bond donors (Lipinski definition) is 1. The highest BCUT2D eigenvalue weighted by Gasteiger charge is 2.18. The Balaban J connectivity index is 2.13. The molecular formula is C15H19NO4. The summed E-state index contributed by atoms with van der Waals surface area (Å²) in [5, 5.41) is 9.09. The van der Waals surface area contributed by atoms with Crippen molar-refractivity contribution in [3.8, 4) is 0 Å². The van der Waals surface area contributed by atoms with E-state index in [1.54, 1.807) is 6.92 Å². The van der Waals surface area contributed by atoms with Gasteiger partial charge in [-0.25, -0.2) is 4.79 Å². The third-order valence-electron chi connectivity index (χ3n) is 3.43. The highest BCUT2D eigenvalue weighted by molar-refractivity contribution is 5.72. The third kappa shape index (κ3) is 3.50. The molecule has 0 radical (unpaired) electrons. The van der Waals surface area contributed by atoms with Crippen molar-refractivity contribution < 1.29 is 19.4 Å². The molecule has 1 aromatic rings. The lowest BCUT2D eigenvalue weighted by molar-refractivity contribution is -0.142. The maximum absolute atomic E-state index is 11.5. The second-order valence-electron chi connectivity index (χ2n) is 4.89. The van der Waals surface area contributed by atoms with Crippen LogP contribution in [0.5, 0.6) is 0 Å². The number of aryl methyl sites for hydroxylation is 1. The van der Waals surface area contributed by atoms with Crippen LogP contribution in [0.3, 0.4) is 0 Å². The molecule has 0 fully saturated rings. The molecule has 0 aromatic heterocycles. The van der Waals surface area contributed by atoms with Crippen LogP contribution in [0.15, 0.2) is 18.2 Å². The largest absolute Gasteiger partial charge is 0.466 e. The Kier molecular flexibility index (Phi) is 4.61. The van der Waals surface area contributed by atoms with Crippen LogP contribution < -0.4 is 0 Å². The summed E-state index contributed by atoms with van der Waals surface area (Å²) in [6, 6.07) is 5.80. The van der Waals surface area contributed by atoms with Crippen molar-refractivity contribution in [3.63, 3.8) is 0 Å². The first kappa shape index (κ1) is 14.4. The molecule has 1 amide bonds. The number of carbonyl (C=O) groups is 2. The Morgan fingerprint density at radius 2 is 2.15 bits per heavy atom. The number of benzene rings is 1. The Bertz CT molecular complexity index is 513. The van der Waals surface area contributed by atoms with Crippen molar-refractivity contribution in [1.29, 1.82) is 0 Å². The lowest BCUT2D eigenvalue weighted by Gasteiger charge is -2.16. The van der Waals surface area contributed by atoms with Crippen LogP contribution in [0.2, 0.25) is 0 Å². The Labute approximate surface area is 118 Å². The van der Waals surface area contributed by atoms with E-state index in [0.29, 0.717) is 19.7 Å². The van der Waals surface area contributed by atoms with Gasteiger partial charge >= 0.3 is 12.1 Å². The number of esters is 1. The molecular weight excluding hydrogens is 258 g/mol. The van der Waals surface area contributed by atoms with Gasteiger partial charge < -0.3 is 14.7 Å². The highest BCUT2D eigenvalue weighted by atomic mass is 16.5. The van der Waals surface area contributed by atoms with E-state index in [9.17, 15) is 9.59 Å². The molecule has 0 atom stereocenters. The van der Waals surface area contributed by atoms with Gasteiger partial charge in [0.05, 0.1) is 13.0 Å². The van der Waals surface area contributed by atoms with Gasteiger partial charge in [0.25, 0.3) is 0 Å². The van der Waals surface area contributed by atoms with E-state index in [2.05, 4.69) is 0 Å². The number of hydrogen-bond acceptors (Lipinski definition) is 3. The maximum Gasteiger partial charge on any atom is 0.407 e. The molecule has 0 aliphatic carbocycles. The average Bonchev–Trinajstić information content (AvgIpc) is 2.60. The Morgan fingerprint density at radius 1 is 1.35 bits per heavy atom. The van der Waals surface area contributed by atoms with E-state index in [4.69, 9.17) is 9.84 Å². The Hall–Kier alpha value is -2.04. The predicted octanol–water partition coefficient (Wildman–Crippen LogP) is 2.22. The van der Waals surface area contributed by atoms with Gasteiger partial charge in [-0.2, -0.15) is 0 Å². The summed E-state index contributed by atoms with van der Waals surface area (Å²) in [6.45, 7) is 3.15. The van der Waals surface area contributed by atoms with E-state index < -0.39 is 6.09 Å². The van der Waals surface area contributed by atoms with Crippen LogP contribution in [0.1, 0.15) is 30.0 Å². The fraction of sp³-hybridized carbons (Fsp3) is 0.467. The van der Waals surface area contributed by atoms with Crippen LogP contribution in [0.4, 0.5) is 4.79 Å². The molecule has 1 aromatic carbocycles. The SMILES string of the molecule is CCOC(=O)Cc1ccc2c(c1)CCCN(C(=O)O)C2. The van der Waals surface area contributed by atoms with Crippen molar-refractivity contribution in [1.82, 2.24) is 4.90 Å².